The van der Waals surface area contributed by atoms with E-state index in [2.05, 4.69) is 44.2 Å². The first kappa shape index (κ1) is 20.6. The highest BCUT2D eigenvalue weighted by molar-refractivity contribution is 5.82. The minimum Gasteiger partial charge on any atom is -0.387 e. The van der Waals surface area contributed by atoms with Crippen molar-refractivity contribution >= 4 is 16.7 Å². The quantitative estimate of drug-likeness (QED) is 0.645. The Labute approximate surface area is 192 Å². The summed E-state index contributed by atoms with van der Waals surface area (Å²) in [5, 5.41) is 26.3. The summed E-state index contributed by atoms with van der Waals surface area (Å²) in [6.45, 7) is 4.85. The topological polar surface area (TPSA) is 100 Å². The first-order chi connectivity index (χ1) is 15.8. The van der Waals surface area contributed by atoms with Gasteiger partial charge in [-0.05, 0) is 56.6 Å². The number of benzene rings is 1. The summed E-state index contributed by atoms with van der Waals surface area (Å²) in [5.74, 6) is 1.45. The maximum Gasteiger partial charge on any atom is 0.159 e. The Kier molecular flexibility index (Phi) is 4.07. The summed E-state index contributed by atoms with van der Waals surface area (Å²) in [5.41, 5.74) is 0.272. The van der Waals surface area contributed by atoms with Crippen molar-refractivity contribution in [2.45, 2.75) is 56.1 Å². The first-order valence-electron chi connectivity index (χ1n) is 11.5. The van der Waals surface area contributed by atoms with Gasteiger partial charge < -0.3 is 14.7 Å². The second kappa shape index (κ2) is 6.52. The van der Waals surface area contributed by atoms with Crippen molar-refractivity contribution in [2.24, 2.45) is 5.41 Å². The van der Waals surface area contributed by atoms with Gasteiger partial charge in [0.2, 0.25) is 0 Å². The molecule has 2 saturated carbocycles. The molecular formula is C25H28N6O2. The summed E-state index contributed by atoms with van der Waals surface area (Å²) in [7, 11) is 1.65. The molecule has 3 heterocycles. The second-order valence-electron chi connectivity index (χ2n) is 10.5. The lowest BCUT2D eigenvalue weighted by atomic mass is 9.85. The molecule has 0 radical (unpaired) electrons. The lowest BCUT2D eigenvalue weighted by Gasteiger charge is -2.39. The largest absolute Gasteiger partial charge is 0.387 e. The van der Waals surface area contributed by atoms with Crippen LogP contribution in [-0.4, -0.2) is 56.3 Å². The Morgan fingerprint density at radius 1 is 1.15 bits per heavy atom. The van der Waals surface area contributed by atoms with E-state index in [4.69, 9.17) is 4.74 Å². The zero-order chi connectivity index (χ0) is 23.1. The van der Waals surface area contributed by atoms with Gasteiger partial charge in [-0.2, -0.15) is 10.4 Å². The zero-order valence-electron chi connectivity index (χ0n) is 19.2. The van der Waals surface area contributed by atoms with Crippen LogP contribution in [0.1, 0.15) is 45.1 Å². The van der Waals surface area contributed by atoms with Crippen molar-refractivity contribution in [2.75, 3.05) is 25.1 Å². The van der Waals surface area contributed by atoms with Crippen molar-refractivity contribution in [1.82, 2.24) is 19.7 Å². The highest BCUT2D eigenvalue weighted by Gasteiger charge is 2.75. The summed E-state index contributed by atoms with van der Waals surface area (Å²) < 4.78 is 7.61. The molecule has 6 rings (SSSR count). The van der Waals surface area contributed by atoms with Gasteiger partial charge in [-0.1, -0.05) is 12.1 Å². The predicted molar refractivity (Wildman–Crippen MR) is 123 cm³/mol. The molecule has 1 saturated heterocycles. The van der Waals surface area contributed by atoms with Crippen LogP contribution >= 0.6 is 0 Å². The number of anilines is 1. The van der Waals surface area contributed by atoms with Crippen molar-refractivity contribution < 1.29 is 9.84 Å². The fourth-order valence-corrected chi connectivity index (χ4v) is 5.83. The molecule has 1 spiro atoms. The molecule has 3 aliphatic rings. The van der Waals surface area contributed by atoms with Crippen LogP contribution in [0.2, 0.25) is 0 Å². The van der Waals surface area contributed by atoms with Gasteiger partial charge in [-0.15, -0.1) is 0 Å². The molecule has 2 atom stereocenters. The van der Waals surface area contributed by atoms with Crippen LogP contribution in [0.4, 0.5) is 5.82 Å². The van der Waals surface area contributed by atoms with Crippen LogP contribution in [-0.2, 0) is 10.2 Å². The average molecular weight is 445 g/mol. The smallest absolute Gasteiger partial charge is 0.159 e. The van der Waals surface area contributed by atoms with Crippen molar-refractivity contribution in [1.29, 1.82) is 5.26 Å². The molecule has 3 fully saturated rings. The van der Waals surface area contributed by atoms with E-state index in [1.165, 1.54) is 0 Å². The van der Waals surface area contributed by atoms with E-state index in [9.17, 15) is 10.4 Å². The molecule has 0 bridgehead atoms. The molecule has 8 heteroatoms. The van der Waals surface area contributed by atoms with Gasteiger partial charge in [0, 0.05) is 25.1 Å². The SMILES string of the molecule is CO[C@@]1(C(C)(C)O)CCN(c2cc(-n3ncc4ccc([C@]5(C#N)CC56CC6)cc43)ncn2)C1. The summed E-state index contributed by atoms with van der Waals surface area (Å²) >= 11 is 0. The molecule has 0 amide bonds. The molecular weight excluding hydrogens is 416 g/mol. The van der Waals surface area contributed by atoms with E-state index in [1.54, 1.807) is 27.3 Å². The Balaban J connectivity index is 1.35. The van der Waals surface area contributed by atoms with Gasteiger partial charge >= 0.3 is 0 Å². The van der Waals surface area contributed by atoms with Crippen molar-refractivity contribution in [3.63, 3.8) is 0 Å². The normalized spacial score (nSPS) is 27.8. The van der Waals surface area contributed by atoms with Gasteiger partial charge in [0.1, 0.15) is 17.7 Å². The van der Waals surface area contributed by atoms with Crippen molar-refractivity contribution in [3.05, 3.63) is 42.4 Å². The average Bonchev–Trinajstić information content (AvgIpc) is 3.58. The van der Waals surface area contributed by atoms with Gasteiger partial charge in [0.05, 0.1) is 35.3 Å². The van der Waals surface area contributed by atoms with Gasteiger partial charge in [-0.3, -0.25) is 0 Å². The maximum absolute atomic E-state index is 10.7. The number of hydrogen-bond donors (Lipinski definition) is 1. The lowest BCUT2D eigenvalue weighted by molar-refractivity contribution is -0.138. The van der Waals surface area contributed by atoms with Crippen molar-refractivity contribution in [3.8, 4) is 11.9 Å². The van der Waals surface area contributed by atoms with Gasteiger partial charge in [-0.25, -0.2) is 14.6 Å². The molecule has 0 unspecified atom stereocenters. The van der Waals surface area contributed by atoms with E-state index in [0.29, 0.717) is 18.8 Å². The number of nitrogens with zero attached hydrogens (tertiary/aromatic N) is 6. The number of hydrogen-bond acceptors (Lipinski definition) is 7. The van der Waals surface area contributed by atoms with Crippen LogP contribution in [0.5, 0.6) is 0 Å². The molecule has 2 aromatic heterocycles. The van der Waals surface area contributed by atoms with Gasteiger partial charge in [0.15, 0.2) is 5.82 Å². The third kappa shape index (κ3) is 2.79. The fourth-order valence-electron chi connectivity index (χ4n) is 5.83. The third-order valence-corrected chi connectivity index (χ3v) is 8.41. The molecule has 1 aliphatic heterocycles. The molecule has 2 aliphatic carbocycles. The monoisotopic (exact) mass is 444 g/mol. The molecule has 170 valence electrons. The van der Waals surface area contributed by atoms with Crippen LogP contribution < -0.4 is 4.90 Å². The van der Waals surface area contributed by atoms with E-state index >= 15 is 0 Å². The minimum atomic E-state index is -0.973. The minimum absolute atomic E-state index is 0.215. The first-order valence-corrected chi connectivity index (χ1v) is 11.5. The predicted octanol–water partition coefficient (Wildman–Crippen LogP) is 3.13. The summed E-state index contributed by atoms with van der Waals surface area (Å²) in [6, 6.07) is 10.8. The second-order valence-corrected chi connectivity index (χ2v) is 10.5. The Morgan fingerprint density at radius 3 is 2.58 bits per heavy atom. The number of fused-ring (bicyclic) bond motifs is 1. The van der Waals surface area contributed by atoms with E-state index in [-0.39, 0.29) is 10.8 Å². The Bertz CT molecular complexity index is 1300. The fraction of sp³-hybridized carbons (Fsp3) is 0.520. The van der Waals surface area contributed by atoms with E-state index in [1.807, 2.05) is 16.9 Å². The van der Waals surface area contributed by atoms with Crippen LogP contribution in [0, 0.1) is 16.7 Å². The Morgan fingerprint density at radius 2 is 1.94 bits per heavy atom. The number of aliphatic hydroxyl groups is 1. The molecule has 3 aromatic rings. The zero-order valence-corrected chi connectivity index (χ0v) is 19.2. The molecule has 1 N–H and O–H groups in total. The number of methoxy groups -OCH3 is 1. The number of rotatable bonds is 5. The standard InChI is InChI=1S/C25H28N6O2/c1-22(2,32)25(33-3)8-9-30(15-25)20-11-21(28-16-27-20)31-19-10-18(5-4-17(19)12-29-31)24(14-26)13-23(24)6-7-23/h4-5,10-12,16,32H,6-9,13,15H2,1-3H3/t24-,25+/m1/s1. The highest BCUT2D eigenvalue weighted by Crippen LogP contribution is 2.78. The summed E-state index contributed by atoms with van der Waals surface area (Å²) in [4.78, 5) is 11.1. The molecule has 33 heavy (non-hydrogen) atoms. The van der Waals surface area contributed by atoms with Crippen LogP contribution in [0.3, 0.4) is 0 Å². The van der Waals surface area contributed by atoms with Gasteiger partial charge in [0.25, 0.3) is 0 Å². The number of ether oxygens (including phenoxy) is 1. The summed E-state index contributed by atoms with van der Waals surface area (Å²) in [6.07, 6.45) is 7.35. The van der Waals surface area contributed by atoms with E-state index < -0.39 is 11.2 Å². The molecule has 8 nitrogen and oxygen atoms in total. The third-order valence-electron chi connectivity index (χ3n) is 8.41. The van der Waals surface area contributed by atoms with Crippen LogP contribution in [0.25, 0.3) is 16.7 Å². The van der Waals surface area contributed by atoms with E-state index in [0.717, 1.165) is 48.1 Å². The maximum atomic E-state index is 10.7. The van der Waals surface area contributed by atoms with Crippen LogP contribution in [0.15, 0.2) is 36.8 Å². The highest BCUT2D eigenvalue weighted by atomic mass is 16.5. The number of nitriles is 1. The molecule has 1 aromatic carbocycles. The Hall–Kier alpha value is -3.02. The lowest BCUT2D eigenvalue weighted by Crippen LogP contribution is -2.53. The number of aromatic nitrogens is 4.